The lowest BCUT2D eigenvalue weighted by Gasteiger charge is -2.14. The van der Waals surface area contributed by atoms with Crippen LogP contribution in [0.25, 0.3) is 11.1 Å². The Bertz CT molecular complexity index is 730. The summed E-state index contributed by atoms with van der Waals surface area (Å²) in [5.74, 6) is 1.53. The molecule has 0 bridgehead atoms. The molecular formula is C19H17NO. The van der Waals surface area contributed by atoms with E-state index in [0.29, 0.717) is 5.69 Å². The summed E-state index contributed by atoms with van der Waals surface area (Å²) >= 11 is 0. The third kappa shape index (κ3) is 2.75. The lowest BCUT2D eigenvalue weighted by atomic mass is 10.0. The minimum atomic E-state index is 0.651. The molecular weight excluding hydrogens is 258 g/mol. The number of nitrogen functional groups attached to an aromatic ring is 1. The Morgan fingerprint density at radius 2 is 1.48 bits per heavy atom. The van der Waals surface area contributed by atoms with E-state index in [2.05, 4.69) is 18.2 Å². The molecule has 2 nitrogen and oxygen atoms in total. The molecule has 0 aromatic heterocycles. The first-order valence-electron chi connectivity index (χ1n) is 6.93. The van der Waals surface area contributed by atoms with Crippen LogP contribution in [0.1, 0.15) is 5.56 Å². The van der Waals surface area contributed by atoms with E-state index in [0.717, 1.165) is 28.2 Å². The van der Waals surface area contributed by atoms with Crippen molar-refractivity contribution in [3.05, 3.63) is 78.4 Å². The molecule has 104 valence electrons. The van der Waals surface area contributed by atoms with Gasteiger partial charge in [0.1, 0.15) is 5.75 Å². The Balaban J connectivity index is 2.05. The summed E-state index contributed by atoms with van der Waals surface area (Å²) in [6, 6.07) is 24.0. The molecule has 0 fully saturated rings. The zero-order chi connectivity index (χ0) is 14.7. The van der Waals surface area contributed by atoms with Crippen LogP contribution in [-0.2, 0) is 0 Å². The van der Waals surface area contributed by atoms with E-state index < -0.39 is 0 Å². The Morgan fingerprint density at radius 3 is 2.24 bits per heavy atom. The number of anilines is 1. The van der Waals surface area contributed by atoms with Crippen molar-refractivity contribution in [3.63, 3.8) is 0 Å². The molecule has 0 saturated heterocycles. The molecule has 0 saturated carbocycles. The second-order valence-corrected chi connectivity index (χ2v) is 4.96. The van der Waals surface area contributed by atoms with Gasteiger partial charge in [0.2, 0.25) is 0 Å². The number of nitrogens with two attached hydrogens (primary N) is 1. The van der Waals surface area contributed by atoms with E-state index in [4.69, 9.17) is 10.5 Å². The lowest BCUT2D eigenvalue weighted by molar-refractivity contribution is 0.483. The summed E-state index contributed by atoms with van der Waals surface area (Å²) in [4.78, 5) is 0. The van der Waals surface area contributed by atoms with Gasteiger partial charge in [0, 0.05) is 5.56 Å². The molecule has 0 aliphatic heterocycles. The molecule has 0 aliphatic carbocycles. The molecule has 0 atom stereocenters. The van der Waals surface area contributed by atoms with E-state index in [-0.39, 0.29) is 0 Å². The van der Waals surface area contributed by atoms with Crippen molar-refractivity contribution in [3.8, 4) is 22.6 Å². The molecule has 0 amide bonds. The molecule has 0 radical (unpaired) electrons. The van der Waals surface area contributed by atoms with Gasteiger partial charge in [-0.05, 0) is 30.2 Å². The Kier molecular flexibility index (Phi) is 3.61. The second-order valence-electron chi connectivity index (χ2n) is 4.96. The molecule has 0 unspecified atom stereocenters. The predicted octanol–water partition coefficient (Wildman–Crippen LogP) is 5.04. The summed E-state index contributed by atoms with van der Waals surface area (Å²) in [5.41, 5.74) is 9.89. The molecule has 3 rings (SSSR count). The quantitative estimate of drug-likeness (QED) is 0.680. The predicted molar refractivity (Wildman–Crippen MR) is 87.5 cm³/mol. The van der Waals surface area contributed by atoms with Crippen LogP contribution in [0.5, 0.6) is 11.5 Å². The van der Waals surface area contributed by atoms with Crippen LogP contribution in [0.4, 0.5) is 5.69 Å². The van der Waals surface area contributed by atoms with E-state index in [1.54, 1.807) is 0 Å². The van der Waals surface area contributed by atoms with E-state index in [1.807, 2.05) is 61.5 Å². The van der Waals surface area contributed by atoms with Crippen molar-refractivity contribution in [1.29, 1.82) is 0 Å². The topological polar surface area (TPSA) is 35.2 Å². The number of hydrogen-bond donors (Lipinski definition) is 1. The highest BCUT2D eigenvalue weighted by Gasteiger charge is 2.10. The van der Waals surface area contributed by atoms with Gasteiger partial charge < -0.3 is 10.5 Å². The van der Waals surface area contributed by atoms with Crippen molar-refractivity contribution >= 4 is 5.69 Å². The van der Waals surface area contributed by atoms with Crippen LogP contribution >= 0.6 is 0 Å². The van der Waals surface area contributed by atoms with E-state index in [1.165, 1.54) is 0 Å². The fourth-order valence-electron chi connectivity index (χ4n) is 2.34. The molecule has 2 N–H and O–H groups in total. The van der Waals surface area contributed by atoms with Crippen LogP contribution in [-0.4, -0.2) is 0 Å². The molecule has 3 aromatic rings. The van der Waals surface area contributed by atoms with Gasteiger partial charge in [-0.1, -0.05) is 60.7 Å². The largest absolute Gasteiger partial charge is 0.454 e. The van der Waals surface area contributed by atoms with E-state index >= 15 is 0 Å². The number of ether oxygens (including phenoxy) is 1. The van der Waals surface area contributed by atoms with Crippen LogP contribution < -0.4 is 10.5 Å². The van der Waals surface area contributed by atoms with Crippen molar-refractivity contribution in [2.45, 2.75) is 6.92 Å². The van der Waals surface area contributed by atoms with Crippen LogP contribution in [0.3, 0.4) is 0 Å². The average molecular weight is 275 g/mol. The van der Waals surface area contributed by atoms with Gasteiger partial charge in [-0.3, -0.25) is 0 Å². The first-order valence-corrected chi connectivity index (χ1v) is 6.93. The highest BCUT2D eigenvalue weighted by Crippen LogP contribution is 2.36. The average Bonchev–Trinajstić information content (AvgIpc) is 2.52. The minimum absolute atomic E-state index is 0.651. The summed E-state index contributed by atoms with van der Waals surface area (Å²) in [6.45, 7) is 2.00. The van der Waals surface area contributed by atoms with Gasteiger partial charge in [-0.2, -0.15) is 0 Å². The van der Waals surface area contributed by atoms with Crippen LogP contribution in [0.15, 0.2) is 72.8 Å². The zero-order valence-electron chi connectivity index (χ0n) is 11.9. The van der Waals surface area contributed by atoms with Gasteiger partial charge in [-0.25, -0.2) is 0 Å². The number of para-hydroxylation sites is 2. The smallest absolute Gasteiger partial charge is 0.153 e. The molecule has 0 spiro atoms. The fraction of sp³-hybridized carbons (Fsp3) is 0.0526. The Morgan fingerprint density at radius 1 is 0.762 bits per heavy atom. The monoisotopic (exact) mass is 275 g/mol. The van der Waals surface area contributed by atoms with Gasteiger partial charge in [-0.15, -0.1) is 0 Å². The normalized spacial score (nSPS) is 10.3. The standard InChI is InChI=1S/C19H17NO/c1-14-8-7-12-17(20)19(14)21-18-13-6-5-11-16(18)15-9-3-2-4-10-15/h2-13H,20H2,1H3. The second kappa shape index (κ2) is 5.71. The highest BCUT2D eigenvalue weighted by molar-refractivity contribution is 5.71. The molecule has 0 heterocycles. The third-order valence-electron chi connectivity index (χ3n) is 3.43. The van der Waals surface area contributed by atoms with Gasteiger partial charge in [0.25, 0.3) is 0 Å². The number of benzene rings is 3. The minimum Gasteiger partial charge on any atom is -0.454 e. The number of rotatable bonds is 3. The third-order valence-corrected chi connectivity index (χ3v) is 3.43. The summed E-state index contributed by atoms with van der Waals surface area (Å²) in [7, 11) is 0. The zero-order valence-corrected chi connectivity index (χ0v) is 11.9. The van der Waals surface area contributed by atoms with Gasteiger partial charge >= 0.3 is 0 Å². The number of aryl methyl sites for hydroxylation is 1. The first kappa shape index (κ1) is 13.3. The van der Waals surface area contributed by atoms with Crippen molar-refractivity contribution in [1.82, 2.24) is 0 Å². The van der Waals surface area contributed by atoms with Crippen LogP contribution in [0.2, 0.25) is 0 Å². The van der Waals surface area contributed by atoms with Crippen molar-refractivity contribution < 1.29 is 4.74 Å². The molecule has 21 heavy (non-hydrogen) atoms. The maximum atomic E-state index is 6.10. The lowest BCUT2D eigenvalue weighted by Crippen LogP contribution is -1.95. The summed E-state index contributed by atoms with van der Waals surface area (Å²) in [6.07, 6.45) is 0. The van der Waals surface area contributed by atoms with Crippen LogP contribution in [0, 0.1) is 6.92 Å². The summed E-state index contributed by atoms with van der Waals surface area (Å²) < 4.78 is 6.10. The summed E-state index contributed by atoms with van der Waals surface area (Å²) in [5, 5.41) is 0. The molecule has 3 aromatic carbocycles. The fourth-order valence-corrected chi connectivity index (χ4v) is 2.34. The Labute approximate surface area is 124 Å². The SMILES string of the molecule is Cc1cccc(N)c1Oc1ccccc1-c1ccccc1. The maximum absolute atomic E-state index is 6.10. The van der Waals surface area contributed by atoms with Gasteiger partial charge in [0.15, 0.2) is 5.75 Å². The highest BCUT2D eigenvalue weighted by atomic mass is 16.5. The Hall–Kier alpha value is -2.74. The van der Waals surface area contributed by atoms with Gasteiger partial charge in [0.05, 0.1) is 5.69 Å². The van der Waals surface area contributed by atoms with Crippen molar-refractivity contribution in [2.75, 3.05) is 5.73 Å². The van der Waals surface area contributed by atoms with Crippen molar-refractivity contribution in [2.24, 2.45) is 0 Å². The number of hydrogen-bond acceptors (Lipinski definition) is 2. The maximum Gasteiger partial charge on any atom is 0.153 e. The first-order chi connectivity index (χ1) is 10.3. The molecule has 0 aliphatic rings. The van der Waals surface area contributed by atoms with E-state index in [9.17, 15) is 0 Å². The molecule has 2 heteroatoms.